The second-order valence-electron chi connectivity index (χ2n) is 14.4. The topological polar surface area (TPSA) is 15.8 Å². The molecule has 3 rings (SSSR count). The van der Waals surface area contributed by atoms with E-state index in [4.69, 9.17) is 0 Å². The van der Waals surface area contributed by atoms with Gasteiger partial charge in [-0.15, -0.1) is 0 Å². The smallest absolute Gasteiger partial charge is 0.418 e. The minimum atomic E-state index is -6.00. The van der Waals surface area contributed by atoms with Gasteiger partial charge in [0.2, 0.25) is 42.2 Å². The van der Waals surface area contributed by atoms with Gasteiger partial charge < -0.3 is 39.5 Å². The Hall–Kier alpha value is -2.01. The van der Waals surface area contributed by atoms with Crippen molar-refractivity contribution < 1.29 is 34.5 Å². The highest BCUT2D eigenvalue weighted by Crippen LogP contribution is 2.40. The summed E-state index contributed by atoms with van der Waals surface area (Å²) in [7, 11) is -12.0. The molecule has 0 spiro atoms. The van der Waals surface area contributed by atoms with E-state index in [1.165, 1.54) is 42.0 Å². The zero-order chi connectivity index (χ0) is 34.0. The molecule has 242 valence electrons. The van der Waals surface area contributed by atoms with Crippen LogP contribution in [0.4, 0.5) is 34.5 Å². The second kappa shape index (κ2) is 13.5. The van der Waals surface area contributed by atoms with Crippen molar-refractivity contribution >= 4 is 37.2 Å². The van der Waals surface area contributed by atoms with Gasteiger partial charge in [-0.05, 0) is 12.1 Å². The summed E-state index contributed by atoms with van der Waals surface area (Å²) in [5.74, 6) is 0. The standard InChI is InChI=1S/C30H43NS2.2BF4/c1-27(2,3)23-15-19(16-24(32-23)28(4,5)6)21-13-14-22(31-21)20-17-25(29(7,8)9)33-26(18-20)30(10,11)12;2*2-1(3,4)5/h13-18,31H,1-12H3;;/q+2;2*-1. The number of hydrogen-bond donors (Lipinski definition) is 1. The van der Waals surface area contributed by atoms with Crippen LogP contribution in [0.1, 0.15) is 103 Å². The Balaban J connectivity index is 0.000000798. The maximum Gasteiger partial charge on any atom is 0.673 e. The first-order valence-corrected chi connectivity index (χ1v) is 15.4. The summed E-state index contributed by atoms with van der Waals surface area (Å²) in [6.07, 6.45) is 0. The Morgan fingerprint density at radius 3 is 0.791 bits per heavy atom. The van der Waals surface area contributed by atoms with Gasteiger partial charge in [0.1, 0.15) is 0 Å². The molecule has 1 N–H and O–H groups in total. The number of H-pyrrole nitrogens is 1. The summed E-state index contributed by atoms with van der Waals surface area (Å²) in [6.45, 7) is 27.7. The van der Waals surface area contributed by atoms with E-state index in [1.54, 1.807) is 0 Å². The number of halogens is 8. The maximum atomic E-state index is 9.75. The maximum absolute atomic E-state index is 9.75. The molecule has 0 aliphatic carbocycles. The first kappa shape index (κ1) is 39.0. The highest BCUT2D eigenvalue weighted by atomic mass is 32.1. The first-order valence-electron chi connectivity index (χ1n) is 13.8. The van der Waals surface area contributed by atoms with Crippen LogP contribution in [0.3, 0.4) is 0 Å². The molecule has 0 aromatic carbocycles. The molecule has 0 atom stereocenters. The number of aromatic amines is 1. The van der Waals surface area contributed by atoms with Crippen LogP contribution in [-0.4, -0.2) is 19.5 Å². The lowest BCUT2D eigenvalue weighted by Gasteiger charge is -2.16. The largest absolute Gasteiger partial charge is 0.673 e. The van der Waals surface area contributed by atoms with Crippen LogP contribution in [-0.2, 0) is 21.7 Å². The van der Waals surface area contributed by atoms with Crippen molar-refractivity contribution in [2.75, 3.05) is 0 Å². The average Bonchev–Trinajstić information content (AvgIpc) is 3.24. The van der Waals surface area contributed by atoms with Gasteiger partial charge in [-0.2, -0.15) is 0 Å². The van der Waals surface area contributed by atoms with E-state index in [-0.39, 0.29) is 21.7 Å². The molecule has 0 unspecified atom stereocenters. The monoisotopic (exact) mass is 655 g/mol. The zero-order valence-electron chi connectivity index (χ0n) is 27.0. The van der Waals surface area contributed by atoms with E-state index >= 15 is 0 Å². The fraction of sp³-hybridized carbons (Fsp3) is 0.533. The molecule has 0 amide bonds. The Morgan fingerprint density at radius 2 is 0.628 bits per heavy atom. The van der Waals surface area contributed by atoms with Gasteiger partial charge in [0, 0.05) is 68.4 Å². The predicted octanol–water partition coefficient (Wildman–Crippen LogP) is 12.8. The molecule has 0 saturated carbocycles. The SMILES string of the molecule is CC(C)(C)c1cc(-c2ccc(-c3cc(C(C)(C)C)[s+]c(C(C)(C)C)c3)[nH]2)cc(C(C)(C)C)[s+]1.F[B-](F)(F)F.F[B-](F)(F)F. The Morgan fingerprint density at radius 1 is 0.442 bits per heavy atom. The molecule has 1 nitrogen and oxygen atoms in total. The molecule has 0 bridgehead atoms. The van der Waals surface area contributed by atoms with Gasteiger partial charge in [-0.25, -0.2) is 0 Å². The summed E-state index contributed by atoms with van der Waals surface area (Å²) in [5.41, 5.74) is 5.44. The van der Waals surface area contributed by atoms with E-state index in [9.17, 15) is 34.5 Å². The van der Waals surface area contributed by atoms with E-state index in [0.29, 0.717) is 0 Å². The van der Waals surface area contributed by atoms with Crippen molar-refractivity contribution in [2.24, 2.45) is 0 Å². The average molecular weight is 655 g/mol. The van der Waals surface area contributed by atoms with E-state index in [0.717, 1.165) is 0 Å². The first-order chi connectivity index (χ1) is 18.9. The lowest BCUT2D eigenvalue weighted by atomic mass is 9.91. The van der Waals surface area contributed by atoms with Crippen molar-refractivity contribution in [1.82, 2.24) is 4.98 Å². The van der Waals surface area contributed by atoms with Gasteiger partial charge in [0.05, 0.1) is 0 Å². The minimum Gasteiger partial charge on any atom is -0.418 e. The third kappa shape index (κ3) is 14.5. The normalized spacial score (nSPS) is 13.1. The molecule has 0 aliphatic heterocycles. The van der Waals surface area contributed by atoms with Gasteiger partial charge >= 0.3 is 14.5 Å². The molecule has 0 aliphatic rings. The van der Waals surface area contributed by atoms with Crippen molar-refractivity contribution in [1.29, 1.82) is 0 Å². The highest BCUT2D eigenvalue weighted by Gasteiger charge is 2.34. The molecule has 3 heterocycles. The number of hydrogen-bond acceptors (Lipinski definition) is 0. The molecule has 0 saturated heterocycles. The van der Waals surface area contributed by atoms with Crippen LogP contribution in [0.25, 0.3) is 22.5 Å². The molecule has 0 fully saturated rings. The Kier molecular flexibility index (Phi) is 12.3. The lowest BCUT2D eigenvalue weighted by Crippen LogP contribution is -2.14. The third-order valence-electron chi connectivity index (χ3n) is 5.85. The molecule has 0 radical (unpaired) electrons. The van der Waals surface area contributed by atoms with Crippen molar-refractivity contribution in [3.8, 4) is 22.5 Å². The van der Waals surface area contributed by atoms with Crippen LogP contribution < -0.4 is 0 Å². The fourth-order valence-electron chi connectivity index (χ4n) is 3.52. The fourth-order valence-corrected chi connectivity index (χ4v) is 5.97. The van der Waals surface area contributed by atoms with Crippen molar-refractivity contribution in [2.45, 2.75) is 105 Å². The predicted molar refractivity (Wildman–Crippen MR) is 171 cm³/mol. The summed E-state index contributed by atoms with van der Waals surface area (Å²) in [5, 5.41) is 0. The lowest BCUT2D eigenvalue weighted by molar-refractivity contribution is 0.366. The second-order valence-corrected chi connectivity index (χ2v) is 16.6. The minimum absolute atomic E-state index is 0.125. The summed E-state index contributed by atoms with van der Waals surface area (Å²) >= 11 is 3.89. The number of nitrogens with one attached hydrogen (secondary N) is 1. The Bertz CT molecular complexity index is 1180. The van der Waals surface area contributed by atoms with Crippen LogP contribution >= 0.6 is 22.7 Å². The zero-order valence-corrected chi connectivity index (χ0v) is 28.6. The molecular weight excluding hydrogens is 612 g/mol. The van der Waals surface area contributed by atoms with Crippen molar-refractivity contribution in [3.05, 3.63) is 55.9 Å². The summed E-state index contributed by atoms with van der Waals surface area (Å²) in [6, 6.07) is 14.0. The highest BCUT2D eigenvalue weighted by molar-refractivity contribution is 7.12. The van der Waals surface area contributed by atoms with Gasteiger partial charge in [-0.3, -0.25) is 0 Å². The molecule has 3 aromatic heterocycles. The number of rotatable bonds is 2. The van der Waals surface area contributed by atoms with Crippen LogP contribution in [0.15, 0.2) is 36.4 Å². The van der Waals surface area contributed by atoms with E-state index < -0.39 is 14.5 Å². The molecule has 3 aromatic rings. The molecular formula is C30H43B2F8NS2. The van der Waals surface area contributed by atoms with Gasteiger partial charge in [-0.1, -0.05) is 83.1 Å². The quantitative estimate of drug-likeness (QED) is 0.161. The molecule has 43 heavy (non-hydrogen) atoms. The molecule has 13 heteroatoms. The van der Waals surface area contributed by atoms with E-state index in [1.807, 2.05) is 22.7 Å². The van der Waals surface area contributed by atoms with E-state index in [2.05, 4.69) is 124 Å². The number of aromatic nitrogens is 1. The van der Waals surface area contributed by atoms with Gasteiger partial charge in [0.25, 0.3) is 0 Å². The Labute approximate surface area is 259 Å². The van der Waals surface area contributed by atoms with Crippen molar-refractivity contribution in [3.63, 3.8) is 0 Å². The third-order valence-corrected chi connectivity index (χ3v) is 9.65. The van der Waals surface area contributed by atoms with Crippen LogP contribution in [0.5, 0.6) is 0 Å². The summed E-state index contributed by atoms with van der Waals surface area (Å²) < 4.78 is 78.0. The summed E-state index contributed by atoms with van der Waals surface area (Å²) in [4.78, 5) is 9.46. The van der Waals surface area contributed by atoms with Crippen LogP contribution in [0.2, 0.25) is 0 Å². The van der Waals surface area contributed by atoms with Gasteiger partial charge in [0.15, 0.2) is 0 Å². The van der Waals surface area contributed by atoms with Crippen LogP contribution in [0, 0.1) is 0 Å².